The van der Waals surface area contributed by atoms with Crippen LogP contribution in [-0.2, 0) is 13.6 Å². The Morgan fingerprint density at radius 1 is 1.19 bits per heavy atom. The van der Waals surface area contributed by atoms with Gasteiger partial charge in [0.05, 0.1) is 6.20 Å². The Balaban J connectivity index is 1.53. The number of likely N-dealkylation sites (tertiary alicyclic amines) is 1. The fourth-order valence-electron chi connectivity index (χ4n) is 4.28. The van der Waals surface area contributed by atoms with Crippen molar-refractivity contribution >= 4 is 5.91 Å². The second kappa shape index (κ2) is 8.98. The van der Waals surface area contributed by atoms with Gasteiger partial charge in [-0.25, -0.2) is 0 Å². The summed E-state index contributed by atoms with van der Waals surface area (Å²) in [7, 11) is 3.60. The fraction of sp³-hybridized carbons (Fsp3) is 0.417. The van der Waals surface area contributed by atoms with Crippen molar-refractivity contribution in [1.82, 2.24) is 30.0 Å². The van der Waals surface area contributed by atoms with Crippen LogP contribution in [0.4, 0.5) is 0 Å². The average molecular weight is 419 g/mol. The maximum atomic E-state index is 11.8. The zero-order valence-electron chi connectivity index (χ0n) is 18.7. The van der Waals surface area contributed by atoms with E-state index in [-0.39, 0.29) is 5.91 Å². The summed E-state index contributed by atoms with van der Waals surface area (Å²) in [5.74, 6) is 0.228. The number of aromatic nitrogens is 4. The standard InChI is InChI=1S/C24H30N6O/c1-16-10-20(18-7-8-22(26-12-18)24(31)25-3)11-23(28-16)19-6-5-9-30(14-19)15-21-13-27-29(4)17(21)2/h7-8,10-13,19H,5-6,9,14-15H2,1-4H3,(H,25,31)/t19-/m1/s1. The maximum absolute atomic E-state index is 11.8. The van der Waals surface area contributed by atoms with Crippen LogP contribution in [0, 0.1) is 13.8 Å². The Labute approximate surface area is 183 Å². The van der Waals surface area contributed by atoms with E-state index in [2.05, 4.69) is 39.4 Å². The van der Waals surface area contributed by atoms with Crippen molar-refractivity contribution in [2.24, 2.45) is 7.05 Å². The second-order valence-electron chi connectivity index (χ2n) is 8.39. The zero-order valence-corrected chi connectivity index (χ0v) is 18.7. The number of piperidine rings is 1. The molecule has 1 amide bonds. The molecule has 1 aliphatic rings. The monoisotopic (exact) mass is 418 g/mol. The molecular weight excluding hydrogens is 388 g/mol. The van der Waals surface area contributed by atoms with Gasteiger partial charge < -0.3 is 5.32 Å². The molecule has 1 N–H and O–H groups in total. The van der Waals surface area contributed by atoms with Crippen LogP contribution in [0.25, 0.3) is 11.1 Å². The average Bonchev–Trinajstić information content (AvgIpc) is 3.10. The van der Waals surface area contributed by atoms with Crippen LogP contribution in [0.3, 0.4) is 0 Å². The minimum atomic E-state index is -0.177. The Bertz CT molecular complexity index is 1070. The van der Waals surface area contributed by atoms with E-state index in [9.17, 15) is 4.79 Å². The summed E-state index contributed by atoms with van der Waals surface area (Å²) in [5.41, 5.74) is 7.18. The maximum Gasteiger partial charge on any atom is 0.269 e. The first-order valence-electron chi connectivity index (χ1n) is 10.8. The number of carbonyl (C=O) groups excluding carboxylic acids is 1. The number of hydrogen-bond acceptors (Lipinski definition) is 5. The van der Waals surface area contributed by atoms with Gasteiger partial charge in [0, 0.05) is 67.5 Å². The highest BCUT2D eigenvalue weighted by Gasteiger charge is 2.24. The van der Waals surface area contributed by atoms with Crippen molar-refractivity contribution in [3.63, 3.8) is 0 Å². The predicted octanol–water partition coefficient (Wildman–Crippen LogP) is 3.23. The first-order valence-corrected chi connectivity index (χ1v) is 10.8. The predicted molar refractivity (Wildman–Crippen MR) is 121 cm³/mol. The minimum absolute atomic E-state index is 0.177. The third-order valence-corrected chi connectivity index (χ3v) is 6.18. The molecule has 4 rings (SSSR count). The van der Waals surface area contributed by atoms with Crippen LogP contribution < -0.4 is 5.32 Å². The molecule has 0 radical (unpaired) electrons. The highest BCUT2D eigenvalue weighted by atomic mass is 16.1. The van der Waals surface area contributed by atoms with Gasteiger partial charge in [0.25, 0.3) is 5.91 Å². The highest BCUT2D eigenvalue weighted by molar-refractivity contribution is 5.92. The van der Waals surface area contributed by atoms with Crippen LogP contribution in [0.1, 0.15) is 51.9 Å². The number of amides is 1. The first-order chi connectivity index (χ1) is 14.9. The molecule has 7 heteroatoms. The molecule has 3 aromatic rings. The van der Waals surface area contributed by atoms with E-state index in [0.717, 1.165) is 55.0 Å². The normalized spacial score (nSPS) is 17.0. The van der Waals surface area contributed by atoms with E-state index in [1.165, 1.54) is 11.3 Å². The summed E-state index contributed by atoms with van der Waals surface area (Å²) in [6.07, 6.45) is 6.06. The molecule has 0 unspecified atom stereocenters. The van der Waals surface area contributed by atoms with E-state index in [1.807, 2.05) is 30.9 Å². The summed E-state index contributed by atoms with van der Waals surface area (Å²) in [5, 5.41) is 6.99. The van der Waals surface area contributed by atoms with Gasteiger partial charge in [0.15, 0.2) is 0 Å². The highest BCUT2D eigenvalue weighted by Crippen LogP contribution is 2.30. The lowest BCUT2D eigenvalue weighted by Gasteiger charge is -2.32. The first kappa shape index (κ1) is 21.2. The Kier molecular flexibility index (Phi) is 6.13. The lowest BCUT2D eigenvalue weighted by atomic mass is 9.92. The van der Waals surface area contributed by atoms with Gasteiger partial charge in [-0.15, -0.1) is 0 Å². The van der Waals surface area contributed by atoms with Gasteiger partial charge in [0.1, 0.15) is 5.69 Å². The number of hydrogen-bond donors (Lipinski definition) is 1. The molecule has 0 bridgehead atoms. The van der Waals surface area contributed by atoms with Gasteiger partial charge in [-0.3, -0.25) is 24.3 Å². The smallest absolute Gasteiger partial charge is 0.269 e. The fourth-order valence-corrected chi connectivity index (χ4v) is 4.28. The molecule has 0 saturated carbocycles. The van der Waals surface area contributed by atoms with Gasteiger partial charge >= 0.3 is 0 Å². The molecule has 31 heavy (non-hydrogen) atoms. The Morgan fingerprint density at radius 2 is 2.03 bits per heavy atom. The van der Waals surface area contributed by atoms with E-state index < -0.39 is 0 Å². The number of rotatable bonds is 5. The minimum Gasteiger partial charge on any atom is -0.354 e. The summed E-state index contributed by atoms with van der Waals surface area (Å²) in [6, 6.07) is 7.99. The molecule has 0 spiro atoms. The molecule has 0 aliphatic carbocycles. The number of carbonyl (C=O) groups is 1. The van der Waals surface area contributed by atoms with Gasteiger partial charge in [-0.1, -0.05) is 6.07 Å². The lowest BCUT2D eigenvalue weighted by Crippen LogP contribution is -2.34. The third-order valence-electron chi connectivity index (χ3n) is 6.18. The molecule has 7 nitrogen and oxygen atoms in total. The van der Waals surface area contributed by atoms with Crippen LogP contribution in [-0.4, -0.2) is 50.7 Å². The van der Waals surface area contributed by atoms with Crippen molar-refractivity contribution < 1.29 is 4.79 Å². The van der Waals surface area contributed by atoms with Crippen LogP contribution in [0.2, 0.25) is 0 Å². The molecule has 3 aromatic heterocycles. The summed E-state index contributed by atoms with van der Waals surface area (Å²) >= 11 is 0. The molecule has 1 fully saturated rings. The van der Waals surface area contributed by atoms with Gasteiger partial charge in [0.2, 0.25) is 0 Å². The van der Waals surface area contributed by atoms with Crippen molar-refractivity contribution in [2.45, 2.75) is 39.2 Å². The van der Waals surface area contributed by atoms with Crippen molar-refractivity contribution in [3.05, 3.63) is 65.0 Å². The Morgan fingerprint density at radius 3 is 2.71 bits per heavy atom. The SMILES string of the molecule is CNC(=O)c1ccc(-c2cc(C)nc([C@@H]3CCCN(Cc4cnn(C)c4C)C3)c2)cn1. The number of pyridine rings is 2. The topological polar surface area (TPSA) is 75.9 Å². The molecule has 1 aliphatic heterocycles. The molecule has 0 aromatic carbocycles. The molecule has 162 valence electrons. The summed E-state index contributed by atoms with van der Waals surface area (Å²) in [4.78, 5) is 23.5. The van der Waals surface area contributed by atoms with Crippen molar-refractivity contribution in [1.29, 1.82) is 0 Å². The van der Waals surface area contributed by atoms with Gasteiger partial charge in [-0.05, 0) is 57.0 Å². The summed E-state index contributed by atoms with van der Waals surface area (Å²) < 4.78 is 1.94. The number of nitrogens with zero attached hydrogens (tertiary/aromatic N) is 5. The van der Waals surface area contributed by atoms with Crippen LogP contribution in [0.5, 0.6) is 0 Å². The zero-order chi connectivity index (χ0) is 22.0. The molecular formula is C24H30N6O. The molecule has 4 heterocycles. The summed E-state index contributed by atoms with van der Waals surface area (Å²) in [6.45, 7) is 7.20. The van der Waals surface area contributed by atoms with Gasteiger partial charge in [-0.2, -0.15) is 5.10 Å². The van der Waals surface area contributed by atoms with E-state index >= 15 is 0 Å². The quantitative estimate of drug-likeness (QED) is 0.688. The van der Waals surface area contributed by atoms with E-state index in [4.69, 9.17) is 4.98 Å². The van der Waals surface area contributed by atoms with E-state index in [1.54, 1.807) is 19.3 Å². The third kappa shape index (κ3) is 4.66. The second-order valence-corrected chi connectivity index (χ2v) is 8.39. The van der Waals surface area contributed by atoms with E-state index in [0.29, 0.717) is 11.6 Å². The van der Waals surface area contributed by atoms with Crippen LogP contribution in [0.15, 0.2) is 36.7 Å². The molecule has 1 saturated heterocycles. The van der Waals surface area contributed by atoms with Crippen LogP contribution >= 0.6 is 0 Å². The van der Waals surface area contributed by atoms with Crippen molar-refractivity contribution in [2.75, 3.05) is 20.1 Å². The molecule has 1 atom stereocenters. The van der Waals surface area contributed by atoms with Crippen molar-refractivity contribution in [3.8, 4) is 11.1 Å². The Hall–Kier alpha value is -3.06. The lowest BCUT2D eigenvalue weighted by molar-refractivity contribution is 0.0958. The largest absolute Gasteiger partial charge is 0.354 e. The number of aryl methyl sites for hydroxylation is 2. The number of nitrogens with one attached hydrogen (secondary N) is 1.